The Balaban J connectivity index is 1.42. The third-order valence-corrected chi connectivity index (χ3v) is 7.97. The molecule has 0 fully saturated rings. The van der Waals surface area contributed by atoms with E-state index in [1.54, 1.807) is 0 Å². The van der Waals surface area contributed by atoms with Crippen molar-refractivity contribution in [1.82, 2.24) is 15.0 Å². The molecular weight excluding hydrogens is 490 g/mol. The number of furan rings is 1. The average molecular weight is 520 g/mol. The smallest absolute Gasteiger partial charge is 0.227 e. The largest absolute Gasteiger partial charge is 0.437 e. The first-order valence-electron chi connectivity index (χ1n) is 13.6. The molecule has 0 aliphatic heterocycles. The summed E-state index contributed by atoms with van der Waals surface area (Å²) >= 11 is 0. The van der Waals surface area contributed by atoms with Gasteiger partial charge in [-0.2, -0.15) is 0 Å². The fourth-order valence-corrected chi connectivity index (χ4v) is 5.94. The molecule has 40 heavy (non-hydrogen) atoms. The third-order valence-electron chi connectivity index (χ3n) is 7.97. The Morgan fingerprint density at radius 1 is 0.550 bits per heavy atom. The maximum Gasteiger partial charge on any atom is 0.227 e. The van der Waals surface area contributed by atoms with E-state index in [1.807, 2.05) is 19.2 Å². The van der Waals surface area contributed by atoms with Crippen molar-refractivity contribution in [1.29, 1.82) is 0 Å². The maximum atomic E-state index is 6.30. The van der Waals surface area contributed by atoms with Crippen LogP contribution in [-0.2, 0) is 0 Å². The summed E-state index contributed by atoms with van der Waals surface area (Å²) in [5, 5.41) is 3.20. The molecule has 7 aromatic rings. The topological polar surface area (TPSA) is 51.8 Å². The van der Waals surface area contributed by atoms with Crippen molar-refractivity contribution in [3.63, 3.8) is 0 Å². The summed E-state index contributed by atoms with van der Waals surface area (Å²) in [5.41, 5.74) is 14.6. The monoisotopic (exact) mass is 519 g/mol. The molecule has 0 radical (unpaired) electrons. The van der Waals surface area contributed by atoms with Crippen molar-refractivity contribution in [2.24, 2.45) is 0 Å². The number of aromatic nitrogens is 3. The summed E-state index contributed by atoms with van der Waals surface area (Å²) in [6.45, 7) is 10.6. The third kappa shape index (κ3) is 3.79. The minimum atomic E-state index is 0.658. The lowest BCUT2D eigenvalue weighted by Gasteiger charge is -2.16. The van der Waals surface area contributed by atoms with E-state index < -0.39 is 0 Å². The normalized spacial score (nSPS) is 11.6. The standard InChI is InChI=1S/C36H29N3O/c1-20-8-6-9-21(2)33(20)31-17-15-27-30(39-31)16-12-22(3)34(27)29-18-32(37-19-23(29)4)28-11-7-10-25-26-14-13-24(5)38-36(26)40-35(25)28/h6-19H,1-5H3. The molecule has 4 heterocycles. The fraction of sp³-hybridized carbons (Fsp3) is 0.139. The molecule has 0 atom stereocenters. The van der Waals surface area contributed by atoms with E-state index in [2.05, 4.69) is 105 Å². The zero-order valence-electron chi connectivity index (χ0n) is 23.3. The highest BCUT2D eigenvalue weighted by atomic mass is 16.3. The van der Waals surface area contributed by atoms with Gasteiger partial charge in [0.1, 0.15) is 5.58 Å². The number of hydrogen-bond donors (Lipinski definition) is 0. The molecule has 194 valence electrons. The van der Waals surface area contributed by atoms with Gasteiger partial charge in [0.2, 0.25) is 5.71 Å². The quantitative estimate of drug-likeness (QED) is 0.233. The van der Waals surface area contributed by atoms with Crippen molar-refractivity contribution in [3.05, 3.63) is 113 Å². The lowest BCUT2D eigenvalue weighted by atomic mass is 9.91. The lowest BCUT2D eigenvalue weighted by Crippen LogP contribution is -1.96. The van der Waals surface area contributed by atoms with Gasteiger partial charge in [-0.05, 0) is 104 Å². The van der Waals surface area contributed by atoms with Gasteiger partial charge in [0, 0.05) is 39.2 Å². The Hall–Kier alpha value is -4.83. The average Bonchev–Trinajstić information content (AvgIpc) is 3.31. The van der Waals surface area contributed by atoms with Crippen molar-refractivity contribution in [2.45, 2.75) is 34.6 Å². The van der Waals surface area contributed by atoms with Gasteiger partial charge in [-0.3, -0.25) is 4.98 Å². The van der Waals surface area contributed by atoms with Crippen LogP contribution in [0.2, 0.25) is 0 Å². The molecule has 7 rings (SSSR count). The van der Waals surface area contributed by atoms with Gasteiger partial charge in [-0.1, -0.05) is 42.5 Å². The molecule has 0 aliphatic carbocycles. The first-order chi connectivity index (χ1) is 19.4. The molecule has 4 heteroatoms. The Morgan fingerprint density at radius 2 is 1.30 bits per heavy atom. The number of pyridine rings is 3. The van der Waals surface area contributed by atoms with E-state index >= 15 is 0 Å². The second-order valence-corrected chi connectivity index (χ2v) is 10.8. The highest BCUT2D eigenvalue weighted by Crippen LogP contribution is 2.39. The van der Waals surface area contributed by atoms with E-state index in [9.17, 15) is 0 Å². The molecule has 0 saturated carbocycles. The molecule has 4 aromatic heterocycles. The molecular formula is C36H29N3O. The molecule has 0 aliphatic rings. The SMILES string of the molecule is Cc1ccc2c(n1)oc1c(-c3cc(-c4c(C)ccc5nc(-c6c(C)cccc6C)ccc45)c(C)cn3)cccc12. The van der Waals surface area contributed by atoms with Crippen LogP contribution in [0.4, 0.5) is 0 Å². The highest BCUT2D eigenvalue weighted by molar-refractivity contribution is 6.08. The minimum absolute atomic E-state index is 0.658. The number of para-hydroxylation sites is 1. The van der Waals surface area contributed by atoms with Crippen LogP contribution >= 0.6 is 0 Å². The van der Waals surface area contributed by atoms with Gasteiger partial charge in [0.25, 0.3) is 0 Å². The minimum Gasteiger partial charge on any atom is -0.437 e. The van der Waals surface area contributed by atoms with E-state index in [4.69, 9.17) is 14.4 Å². The van der Waals surface area contributed by atoms with Crippen LogP contribution in [0, 0.1) is 34.6 Å². The van der Waals surface area contributed by atoms with Gasteiger partial charge < -0.3 is 4.42 Å². The Morgan fingerprint density at radius 3 is 2.12 bits per heavy atom. The van der Waals surface area contributed by atoms with E-state index in [0.717, 1.165) is 61.0 Å². The summed E-state index contributed by atoms with van der Waals surface area (Å²) in [5.74, 6) is 0. The van der Waals surface area contributed by atoms with Gasteiger partial charge in [0.05, 0.1) is 16.9 Å². The molecule has 0 N–H and O–H groups in total. The molecule has 3 aromatic carbocycles. The van der Waals surface area contributed by atoms with Crippen molar-refractivity contribution >= 4 is 33.0 Å². The van der Waals surface area contributed by atoms with Crippen LogP contribution in [0.1, 0.15) is 27.9 Å². The number of fused-ring (bicyclic) bond motifs is 4. The fourth-order valence-electron chi connectivity index (χ4n) is 5.94. The van der Waals surface area contributed by atoms with Gasteiger partial charge in [0.15, 0.2) is 0 Å². The summed E-state index contributed by atoms with van der Waals surface area (Å²) < 4.78 is 6.30. The number of hydrogen-bond acceptors (Lipinski definition) is 4. The Bertz CT molecular complexity index is 2100. The zero-order chi connectivity index (χ0) is 27.5. The number of benzene rings is 3. The van der Waals surface area contributed by atoms with Crippen molar-refractivity contribution < 1.29 is 4.42 Å². The van der Waals surface area contributed by atoms with E-state index in [1.165, 1.54) is 27.8 Å². The number of nitrogens with zero attached hydrogens (tertiary/aromatic N) is 3. The van der Waals surface area contributed by atoms with Gasteiger partial charge in [-0.25, -0.2) is 9.97 Å². The zero-order valence-corrected chi connectivity index (χ0v) is 23.3. The highest BCUT2D eigenvalue weighted by Gasteiger charge is 2.18. The second-order valence-electron chi connectivity index (χ2n) is 10.8. The first-order valence-corrected chi connectivity index (χ1v) is 13.6. The summed E-state index contributed by atoms with van der Waals surface area (Å²) in [7, 11) is 0. The van der Waals surface area contributed by atoms with Crippen molar-refractivity contribution in [3.8, 4) is 33.6 Å². The number of aryl methyl sites for hydroxylation is 5. The Kier molecular flexibility index (Phi) is 5.53. The molecule has 0 unspecified atom stereocenters. The van der Waals surface area contributed by atoms with Crippen LogP contribution in [0.5, 0.6) is 0 Å². The predicted molar refractivity (Wildman–Crippen MR) is 165 cm³/mol. The van der Waals surface area contributed by atoms with Crippen LogP contribution in [0.25, 0.3) is 66.6 Å². The van der Waals surface area contributed by atoms with Gasteiger partial charge >= 0.3 is 0 Å². The summed E-state index contributed by atoms with van der Waals surface area (Å²) in [4.78, 5) is 14.6. The molecule has 0 bridgehead atoms. The van der Waals surface area contributed by atoms with E-state index in [0.29, 0.717) is 5.71 Å². The summed E-state index contributed by atoms with van der Waals surface area (Å²) in [6, 6.07) is 27.6. The number of rotatable bonds is 3. The molecule has 4 nitrogen and oxygen atoms in total. The van der Waals surface area contributed by atoms with Crippen LogP contribution in [-0.4, -0.2) is 15.0 Å². The van der Waals surface area contributed by atoms with Crippen LogP contribution in [0.3, 0.4) is 0 Å². The predicted octanol–water partition coefficient (Wildman–Crippen LogP) is 9.47. The van der Waals surface area contributed by atoms with E-state index in [-0.39, 0.29) is 0 Å². The maximum absolute atomic E-state index is 6.30. The first kappa shape index (κ1) is 24.2. The van der Waals surface area contributed by atoms with Crippen LogP contribution in [0.15, 0.2) is 89.5 Å². The van der Waals surface area contributed by atoms with Crippen molar-refractivity contribution in [2.75, 3.05) is 0 Å². The second kappa shape index (κ2) is 9.13. The molecule has 0 amide bonds. The Labute approximate surface area is 233 Å². The van der Waals surface area contributed by atoms with Gasteiger partial charge in [-0.15, -0.1) is 0 Å². The van der Waals surface area contributed by atoms with Crippen LogP contribution < -0.4 is 0 Å². The molecule has 0 spiro atoms. The molecule has 0 saturated heterocycles. The lowest BCUT2D eigenvalue weighted by molar-refractivity contribution is 0.653. The summed E-state index contributed by atoms with van der Waals surface area (Å²) in [6.07, 6.45) is 1.96.